The minimum atomic E-state index is -1.13. The van der Waals surface area contributed by atoms with Crippen molar-refractivity contribution in [3.63, 3.8) is 0 Å². The maximum absolute atomic E-state index is 10.2. The Labute approximate surface area is 829 Å². The number of rotatable bonds is 9. The molecule has 0 amide bonds. The fourth-order valence-corrected chi connectivity index (χ4v) is 19.8. The van der Waals surface area contributed by atoms with Crippen molar-refractivity contribution < 1.29 is 53.5 Å². The van der Waals surface area contributed by atoms with E-state index < -0.39 is 246 Å². The van der Waals surface area contributed by atoms with Gasteiger partial charge in [0.25, 0.3) is 0 Å². The van der Waals surface area contributed by atoms with E-state index in [1.54, 1.807) is 109 Å². The van der Waals surface area contributed by atoms with E-state index in [-0.39, 0.29) is 89.6 Å². The predicted molar refractivity (Wildman–Crippen MR) is 568 cm³/mol. The normalized spacial score (nSPS) is 16.0. The lowest BCUT2D eigenvalue weighted by atomic mass is 10.2. The van der Waals surface area contributed by atoms with Crippen molar-refractivity contribution in [2.75, 3.05) is 0 Å². The smallest absolute Gasteiger partial charge is 0.0667 e. The largest absolute Gasteiger partial charge is 0.309 e. The average molecular weight is 1760 g/mol. The molecule has 0 aliphatic rings. The molecule has 0 saturated carbocycles. The molecule has 30 rings (SSSR count). The summed E-state index contributed by atoms with van der Waals surface area (Å²) < 4.78 is 369. The topological polar surface area (TPSA) is 44.4 Å². The number of benzene rings is 21. The maximum atomic E-state index is 10.2. The van der Waals surface area contributed by atoms with Crippen molar-refractivity contribution in [2.45, 2.75) is 0 Å². The van der Waals surface area contributed by atoms with Crippen LogP contribution in [-0.4, -0.2) is 41.1 Å². The second kappa shape index (κ2) is 30.2. The van der Waals surface area contributed by atoms with Gasteiger partial charge in [0.15, 0.2) is 0 Å². The fourth-order valence-electron chi connectivity index (χ4n) is 19.8. The average Bonchev–Trinajstić information content (AvgIpc) is 1.51. The summed E-state index contributed by atoms with van der Waals surface area (Å²) in [6.45, 7) is 0. The first kappa shape index (κ1) is 46.9. The van der Waals surface area contributed by atoms with Crippen molar-refractivity contribution in [3.05, 3.63) is 490 Å². The Kier molecular flexibility index (Phi) is 10.5. The third-order valence-electron chi connectivity index (χ3n) is 25.3. The second-order valence-electron chi connectivity index (χ2n) is 32.4. The molecule has 9 nitrogen and oxygen atoms in total. The van der Waals surface area contributed by atoms with Crippen LogP contribution in [0.25, 0.3) is 247 Å². The molecular weight excluding hydrogens is 1640 g/mol. The van der Waals surface area contributed by atoms with Crippen molar-refractivity contribution in [1.29, 1.82) is 0 Å². The summed E-state index contributed by atoms with van der Waals surface area (Å²) >= 11 is 0. The summed E-state index contributed by atoms with van der Waals surface area (Å²) in [5.74, 6) is 0. The highest BCUT2D eigenvalue weighted by molar-refractivity contribution is 6.18. The number of para-hydroxylation sites is 18. The highest BCUT2D eigenvalue weighted by atomic mass is 15.1. The van der Waals surface area contributed by atoms with E-state index in [1.165, 1.54) is 0 Å². The molecule has 9 heteroatoms. The van der Waals surface area contributed by atoms with E-state index in [0.29, 0.717) is 96.2 Å². The standard InChI is InChI=1S/3C42H27N3/c3*1-7-19-37-31(13-1)32-14-2-8-20-38(32)43(37)28-25-29(44-39-21-9-3-15-33(39)34-16-4-10-22-40(34)44)27-30(26-28)45-41-23-11-5-17-35(41)36-18-6-12-24-42(36)45/h3*1-27H/i1D,2D,3D,4D,5D,6D,7D,8D,9D,10D,11D,12D,13D,14D,15D,16D,17D,18D,19D,20D,21D,22D,23D,24D,25D,26D,27D;1D,2D,3D,4D,5D,6D,25D,26D,27D;25D,26D,27D. The molecule has 630 valence electrons. The lowest BCUT2D eigenvalue weighted by Gasteiger charge is -2.17. The number of hydrogen-bond donors (Lipinski definition) is 0. The molecule has 30 aromatic rings. The Bertz CT molecular complexity index is 11000. The highest BCUT2D eigenvalue weighted by Gasteiger charge is 2.26. The predicted octanol–water partition coefficient (Wildman–Crippen LogP) is 32.9. The molecule has 0 radical (unpaired) electrons. The molecule has 0 spiro atoms. The van der Waals surface area contributed by atoms with Crippen LogP contribution in [0.15, 0.2) is 490 Å². The van der Waals surface area contributed by atoms with Gasteiger partial charge in [-0.1, -0.05) is 327 Å². The molecule has 21 aromatic carbocycles. The van der Waals surface area contributed by atoms with Crippen LogP contribution >= 0.6 is 0 Å². The molecule has 0 atom stereocenters. The van der Waals surface area contributed by atoms with Crippen LogP contribution in [0.1, 0.15) is 53.5 Å². The third kappa shape index (κ3) is 11.6. The Morgan fingerprint density at radius 3 is 0.378 bits per heavy atom. The monoisotopic (exact) mass is 1760 g/mol. The summed E-state index contributed by atoms with van der Waals surface area (Å²) in [5.41, 5.74) is 4.15. The molecule has 9 aromatic heterocycles. The first-order valence-corrected chi connectivity index (χ1v) is 43.2. The molecule has 0 N–H and O–H groups in total. The van der Waals surface area contributed by atoms with Gasteiger partial charge in [0.1, 0.15) is 0 Å². The fraction of sp³-hybridized carbons (Fsp3) is 0. The third-order valence-corrected chi connectivity index (χ3v) is 25.3. The summed E-state index contributed by atoms with van der Waals surface area (Å²) in [6, 6.07) is 56.9. The van der Waals surface area contributed by atoms with E-state index in [4.69, 9.17) is 32.9 Å². The van der Waals surface area contributed by atoms with Crippen LogP contribution < -0.4 is 0 Å². The van der Waals surface area contributed by atoms with Gasteiger partial charge in [-0.3, -0.25) is 0 Å². The molecule has 0 aliphatic carbocycles. The van der Waals surface area contributed by atoms with E-state index >= 15 is 0 Å². The van der Waals surface area contributed by atoms with Crippen LogP contribution in [0, 0.1) is 0 Å². The van der Waals surface area contributed by atoms with E-state index in [2.05, 4.69) is 86.5 Å². The summed E-state index contributed by atoms with van der Waals surface area (Å²) in [6.07, 6.45) is 0. The molecule has 0 fully saturated rings. The molecule has 0 saturated heterocycles. The molecule has 0 aliphatic heterocycles. The lowest BCUT2D eigenvalue weighted by molar-refractivity contribution is 1.10. The number of aromatic nitrogens is 9. The first-order valence-electron chi connectivity index (χ1n) is 62.7. The Balaban J connectivity index is 0.000000123. The van der Waals surface area contributed by atoms with Gasteiger partial charge in [-0.2, -0.15) is 0 Å². The molecule has 0 unspecified atom stereocenters. The van der Waals surface area contributed by atoms with E-state index in [0.717, 1.165) is 65.4 Å². The zero-order valence-electron chi connectivity index (χ0n) is 109. The van der Waals surface area contributed by atoms with Gasteiger partial charge in [0, 0.05) is 97.0 Å². The molecule has 0 bridgehead atoms. The van der Waals surface area contributed by atoms with Gasteiger partial charge in [-0.25, -0.2) is 0 Å². The molecule has 9 heterocycles. The first-order chi connectivity index (χ1) is 83.2. The SMILES string of the molecule is [2H]c1c(-n2c3c([2H])c([2H])c([2H])c([2H])c3c3c([2H])c([2H])c([2H])c([2H])c32)c([2H])c(-n2c3c([2H])c([2H])c([2H])c([2H])c3c3c([2H])c([2H])c([2H])c([2H])c32)c([2H])c1-n1c2c([2H])c([2H])c([2H])c([2H])c2c2c([2H])c([2H])c([2H])c([2H])c21.[2H]c1c(-n2c3ccccc3c3ccccc32)c([2H])c(-n2c3ccccc3c3ccccc32)c([2H])c1-n1c2ccccc2c2ccccc21.[2H]c1ccc2c(c1)c1cc([2H])ccc1n2-c1c([2H])c(-n2c3ccc([2H])cc3c3cc([2H])ccc32)c([2H])c(-n2c3ccc([2H])cc3c3cc([2H])ccc32)c1[2H]. The Hall–Kier alpha value is -18.2. The van der Waals surface area contributed by atoms with Crippen molar-refractivity contribution in [3.8, 4) is 51.2 Å². The Morgan fingerprint density at radius 2 is 0.222 bits per heavy atom. The molecular formula is C126H81N9. The van der Waals surface area contributed by atoms with Crippen molar-refractivity contribution in [1.82, 2.24) is 41.1 Å². The van der Waals surface area contributed by atoms with Crippen LogP contribution in [0.3, 0.4) is 0 Å². The van der Waals surface area contributed by atoms with Gasteiger partial charge >= 0.3 is 0 Å². The highest BCUT2D eigenvalue weighted by Crippen LogP contribution is 2.46. The van der Waals surface area contributed by atoms with E-state index in [1.807, 2.05) is 86.5 Å². The van der Waals surface area contributed by atoms with Gasteiger partial charge in [0.05, 0.1) is 204 Å². The summed E-state index contributed by atoms with van der Waals surface area (Å²) in [7, 11) is 0. The number of hydrogen-bond acceptors (Lipinski definition) is 0. The quantitative estimate of drug-likeness (QED) is 0.138. The summed E-state index contributed by atoms with van der Waals surface area (Å²) in [5, 5.41) is 7.13. The van der Waals surface area contributed by atoms with Crippen LogP contribution in [0.2, 0.25) is 0 Å². The van der Waals surface area contributed by atoms with Gasteiger partial charge in [-0.05, 0) is 163 Å². The van der Waals surface area contributed by atoms with Crippen LogP contribution in [-0.2, 0) is 0 Å². The Morgan fingerprint density at radius 1 is 0.104 bits per heavy atom. The van der Waals surface area contributed by atoms with Gasteiger partial charge in [-0.15, -0.1) is 0 Å². The van der Waals surface area contributed by atoms with Crippen molar-refractivity contribution in [2.24, 2.45) is 0 Å². The zero-order chi connectivity index (χ0) is 122. The molecule has 135 heavy (non-hydrogen) atoms. The maximum Gasteiger partial charge on any atom is 0.0667 e. The van der Waals surface area contributed by atoms with Gasteiger partial charge < -0.3 is 41.1 Å². The number of nitrogens with zero attached hydrogens (tertiary/aromatic N) is 9. The lowest BCUT2D eigenvalue weighted by Crippen LogP contribution is -2.03. The minimum Gasteiger partial charge on any atom is -0.309 e. The summed E-state index contributed by atoms with van der Waals surface area (Å²) in [4.78, 5) is 0. The van der Waals surface area contributed by atoms with Crippen LogP contribution in [0.5, 0.6) is 0 Å². The second-order valence-corrected chi connectivity index (χ2v) is 32.4. The zero-order valence-corrected chi connectivity index (χ0v) is 70.3. The van der Waals surface area contributed by atoms with Gasteiger partial charge in [0.2, 0.25) is 0 Å². The van der Waals surface area contributed by atoms with Crippen LogP contribution in [0.4, 0.5) is 0 Å². The van der Waals surface area contributed by atoms with E-state index in [9.17, 15) is 20.6 Å². The minimum absolute atomic E-state index is 0.108. The van der Waals surface area contributed by atoms with Crippen molar-refractivity contribution >= 4 is 196 Å². The number of fused-ring (bicyclic) bond motifs is 27.